The van der Waals surface area contributed by atoms with Crippen LogP contribution in [0.4, 0.5) is 11.5 Å². The molecule has 33 heavy (non-hydrogen) atoms. The van der Waals surface area contributed by atoms with E-state index in [1.54, 1.807) is 0 Å². The third-order valence-corrected chi connectivity index (χ3v) is 7.26. The van der Waals surface area contributed by atoms with Gasteiger partial charge < -0.3 is 19.7 Å². The van der Waals surface area contributed by atoms with Crippen LogP contribution >= 0.6 is 0 Å². The lowest BCUT2D eigenvalue weighted by Gasteiger charge is -2.37. The third kappa shape index (κ3) is 3.66. The van der Waals surface area contributed by atoms with E-state index in [1.807, 2.05) is 30.1 Å². The summed E-state index contributed by atoms with van der Waals surface area (Å²) in [5.41, 5.74) is 4.73. The number of hydrogen-bond acceptors (Lipinski definition) is 5. The molecule has 1 radical (unpaired) electrons. The van der Waals surface area contributed by atoms with E-state index in [2.05, 4.69) is 74.6 Å². The molecule has 1 N–H and O–H groups in total. The molecule has 6 rings (SSSR count). The molecule has 7 nitrogen and oxygen atoms in total. The summed E-state index contributed by atoms with van der Waals surface area (Å²) in [5, 5.41) is 9.02. The van der Waals surface area contributed by atoms with E-state index in [9.17, 15) is 0 Å². The fourth-order valence-corrected chi connectivity index (χ4v) is 5.19. The summed E-state index contributed by atoms with van der Waals surface area (Å²) in [4.78, 5) is 10.1. The molecule has 2 fully saturated rings. The van der Waals surface area contributed by atoms with E-state index in [1.165, 1.54) is 16.6 Å². The Morgan fingerprint density at radius 3 is 2.42 bits per heavy atom. The SMILES string of the molecule is CNC1CC(n2cc(-c3cnn(C)c3)c3ccc(N4CCN(c5cc[c]cc5)CC4)nc32)C1. The van der Waals surface area contributed by atoms with Gasteiger partial charge in [-0.25, -0.2) is 4.98 Å². The zero-order chi connectivity index (χ0) is 22.4. The van der Waals surface area contributed by atoms with Crippen molar-refractivity contribution in [1.29, 1.82) is 0 Å². The van der Waals surface area contributed by atoms with E-state index in [0.29, 0.717) is 12.1 Å². The van der Waals surface area contributed by atoms with Crippen molar-refractivity contribution in [2.24, 2.45) is 7.05 Å². The van der Waals surface area contributed by atoms with Crippen molar-refractivity contribution in [3.05, 3.63) is 61.1 Å². The number of nitrogens with zero attached hydrogens (tertiary/aromatic N) is 6. The average Bonchev–Trinajstić information content (AvgIpc) is 3.42. The van der Waals surface area contributed by atoms with Crippen LogP contribution < -0.4 is 15.1 Å². The van der Waals surface area contributed by atoms with Crippen molar-refractivity contribution in [1.82, 2.24) is 24.6 Å². The molecule has 1 aromatic carbocycles. The molecule has 0 spiro atoms. The van der Waals surface area contributed by atoms with E-state index < -0.39 is 0 Å². The third-order valence-electron chi connectivity index (χ3n) is 7.26. The summed E-state index contributed by atoms with van der Waals surface area (Å²) in [6.07, 6.45) is 8.62. The van der Waals surface area contributed by atoms with Gasteiger partial charge in [-0.3, -0.25) is 4.68 Å². The highest BCUT2D eigenvalue weighted by molar-refractivity contribution is 5.94. The van der Waals surface area contributed by atoms with Crippen LogP contribution in [-0.4, -0.2) is 58.6 Å². The minimum Gasteiger partial charge on any atom is -0.368 e. The van der Waals surface area contributed by atoms with Crippen molar-refractivity contribution < 1.29 is 0 Å². The number of rotatable bonds is 5. The number of benzene rings is 1. The van der Waals surface area contributed by atoms with Gasteiger partial charge in [-0.15, -0.1) is 0 Å². The lowest BCUT2D eigenvalue weighted by molar-refractivity contribution is 0.240. The lowest BCUT2D eigenvalue weighted by atomic mass is 9.87. The van der Waals surface area contributed by atoms with Crippen LogP contribution in [0, 0.1) is 6.07 Å². The van der Waals surface area contributed by atoms with Gasteiger partial charge in [0.25, 0.3) is 0 Å². The molecular weight excluding hydrogens is 410 g/mol. The molecule has 7 heteroatoms. The fraction of sp³-hybridized carbons (Fsp3) is 0.385. The van der Waals surface area contributed by atoms with Crippen molar-refractivity contribution in [3.8, 4) is 11.1 Å². The summed E-state index contributed by atoms with van der Waals surface area (Å²) in [7, 11) is 4.02. The number of piperazine rings is 1. The molecule has 0 unspecified atom stereocenters. The molecule has 4 aromatic rings. The monoisotopic (exact) mass is 440 g/mol. The number of nitrogens with one attached hydrogen (secondary N) is 1. The number of anilines is 2. The molecule has 169 valence electrons. The van der Waals surface area contributed by atoms with Crippen molar-refractivity contribution in [2.75, 3.05) is 43.0 Å². The maximum absolute atomic E-state index is 5.22. The first-order valence-electron chi connectivity index (χ1n) is 11.8. The van der Waals surface area contributed by atoms with E-state index >= 15 is 0 Å². The van der Waals surface area contributed by atoms with Crippen LogP contribution in [-0.2, 0) is 7.05 Å². The molecule has 1 aliphatic carbocycles. The Morgan fingerprint density at radius 2 is 1.73 bits per heavy atom. The zero-order valence-electron chi connectivity index (χ0n) is 19.3. The highest BCUT2D eigenvalue weighted by Gasteiger charge is 2.31. The lowest BCUT2D eigenvalue weighted by Crippen LogP contribution is -2.46. The Morgan fingerprint density at radius 1 is 0.970 bits per heavy atom. The van der Waals surface area contributed by atoms with Crippen molar-refractivity contribution >= 4 is 22.5 Å². The Balaban J connectivity index is 1.31. The van der Waals surface area contributed by atoms with Gasteiger partial charge in [0.2, 0.25) is 0 Å². The molecule has 1 saturated carbocycles. The molecule has 1 aliphatic heterocycles. The Labute approximate surface area is 194 Å². The van der Waals surface area contributed by atoms with Crippen LogP contribution in [0.3, 0.4) is 0 Å². The number of aromatic nitrogens is 4. The Bertz CT molecular complexity index is 1240. The van der Waals surface area contributed by atoms with Crippen molar-refractivity contribution in [3.63, 3.8) is 0 Å². The number of fused-ring (bicyclic) bond motifs is 1. The van der Waals surface area contributed by atoms with Crippen LogP contribution in [0.2, 0.25) is 0 Å². The molecule has 1 saturated heterocycles. The quantitative estimate of drug-likeness (QED) is 0.515. The standard InChI is InChI=1S/C26H30N7/c1-27-20-14-22(15-20)33-18-24(19-16-28-30(2)17-19)23-8-9-25(29-26(23)33)32-12-10-31(11-13-32)21-6-4-3-5-7-21/h4-9,16-18,20,22,27H,10-15H2,1-2H3. The Kier molecular flexibility index (Phi) is 5.06. The highest BCUT2D eigenvalue weighted by Crippen LogP contribution is 2.39. The largest absolute Gasteiger partial charge is 0.368 e. The predicted octanol–water partition coefficient (Wildman–Crippen LogP) is 3.49. The second kappa shape index (κ2) is 8.23. The van der Waals surface area contributed by atoms with Gasteiger partial charge >= 0.3 is 0 Å². The number of hydrogen-bond donors (Lipinski definition) is 1. The van der Waals surface area contributed by atoms with Crippen LogP contribution in [0.1, 0.15) is 18.9 Å². The average molecular weight is 441 g/mol. The normalized spacial score (nSPS) is 20.9. The molecule has 4 heterocycles. The first kappa shape index (κ1) is 20.3. The maximum atomic E-state index is 5.22. The first-order chi connectivity index (χ1) is 16.2. The fourth-order valence-electron chi connectivity index (χ4n) is 5.19. The van der Waals surface area contributed by atoms with Gasteiger partial charge in [-0.1, -0.05) is 12.1 Å². The summed E-state index contributed by atoms with van der Waals surface area (Å²) < 4.78 is 4.27. The molecule has 0 amide bonds. The first-order valence-corrected chi connectivity index (χ1v) is 11.8. The summed E-state index contributed by atoms with van der Waals surface area (Å²) in [6, 6.07) is 16.9. The Hall–Kier alpha value is -3.32. The second-order valence-electron chi connectivity index (χ2n) is 9.24. The van der Waals surface area contributed by atoms with E-state index in [-0.39, 0.29) is 0 Å². The van der Waals surface area contributed by atoms with Gasteiger partial charge in [0, 0.05) is 79.9 Å². The van der Waals surface area contributed by atoms with E-state index in [0.717, 1.165) is 56.0 Å². The van der Waals surface area contributed by atoms with Gasteiger partial charge in [-0.2, -0.15) is 5.10 Å². The number of pyridine rings is 1. The highest BCUT2D eigenvalue weighted by atomic mass is 15.3. The van der Waals surface area contributed by atoms with Gasteiger partial charge in [0.15, 0.2) is 0 Å². The molecular formula is C26H30N7. The second-order valence-corrected chi connectivity index (χ2v) is 9.24. The van der Waals surface area contributed by atoms with Crippen LogP contribution in [0.5, 0.6) is 0 Å². The number of aryl methyl sites for hydroxylation is 1. The van der Waals surface area contributed by atoms with Crippen LogP contribution in [0.15, 0.2) is 55.0 Å². The summed E-state index contributed by atoms with van der Waals surface area (Å²) >= 11 is 0. The summed E-state index contributed by atoms with van der Waals surface area (Å²) in [5.74, 6) is 1.07. The maximum Gasteiger partial charge on any atom is 0.143 e. The summed E-state index contributed by atoms with van der Waals surface area (Å²) in [6.45, 7) is 3.94. The van der Waals surface area contributed by atoms with Gasteiger partial charge in [0.1, 0.15) is 11.5 Å². The molecule has 2 aliphatic rings. The van der Waals surface area contributed by atoms with Crippen LogP contribution in [0.25, 0.3) is 22.2 Å². The van der Waals surface area contributed by atoms with Gasteiger partial charge in [0.05, 0.1) is 6.20 Å². The molecule has 3 aromatic heterocycles. The smallest absolute Gasteiger partial charge is 0.143 e. The predicted molar refractivity (Wildman–Crippen MR) is 133 cm³/mol. The minimum atomic E-state index is 0.491. The zero-order valence-corrected chi connectivity index (χ0v) is 19.3. The van der Waals surface area contributed by atoms with Gasteiger partial charge in [-0.05, 0) is 50.2 Å². The van der Waals surface area contributed by atoms with Crippen molar-refractivity contribution in [2.45, 2.75) is 24.9 Å². The van der Waals surface area contributed by atoms with E-state index in [4.69, 9.17) is 4.98 Å². The molecule has 0 atom stereocenters. The molecule has 0 bridgehead atoms. The minimum absolute atomic E-state index is 0.491. The topological polar surface area (TPSA) is 54.2 Å².